The first kappa shape index (κ1) is 10.8. The Labute approximate surface area is 315 Å². The maximum atomic E-state index is 9.83. The summed E-state index contributed by atoms with van der Waals surface area (Å²) in [7, 11) is 0. The lowest BCUT2D eigenvalue weighted by molar-refractivity contribution is 1.18. The van der Waals surface area contributed by atoms with Crippen LogP contribution in [-0.2, 0) is 0 Å². The van der Waals surface area contributed by atoms with Gasteiger partial charge in [0.2, 0.25) is 0 Å². The predicted molar refractivity (Wildman–Crippen MR) is 205 cm³/mol. The van der Waals surface area contributed by atoms with Gasteiger partial charge in [-0.05, 0) is 91.4 Å². The molecule has 2 nitrogen and oxygen atoms in total. The van der Waals surface area contributed by atoms with Gasteiger partial charge in [0.15, 0.2) is 0 Å². The van der Waals surface area contributed by atoms with Gasteiger partial charge in [-0.15, -0.1) is 0 Å². The molecule has 0 atom stereocenters. The normalized spacial score (nSPS) is 20.3. The van der Waals surface area contributed by atoms with Gasteiger partial charge in [0.25, 0.3) is 0 Å². The minimum absolute atomic E-state index is 0.482. The number of rotatable bonds is 2. The van der Waals surface area contributed by atoms with Crippen LogP contribution in [0.2, 0.25) is 0 Å². The molecular weight excluding hydrogens is 581 g/mol. The maximum absolute atomic E-state index is 9.83. The fourth-order valence-electron chi connectivity index (χ4n) is 6.30. The van der Waals surface area contributed by atoms with Crippen molar-refractivity contribution in [3.05, 3.63) is 169 Å². The van der Waals surface area contributed by atoms with E-state index in [0.717, 1.165) is 9.13 Å². The van der Waals surface area contributed by atoms with E-state index in [0.29, 0.717) is 0 Å². The molecule has 0 bridgehead atoms. The molecule has 9 aromatic carbocycles. The third kappa shape index (κ3) is 3.46. The van der Waals surface area contributed by atoms with Gasteiger partial charge in [0.05, 0.1) is 60.4 Å². The predicted octanol–water partition coefficient (Wildman–Crippen LogP) is 12.5. The fraction of sp³-hybridized carbons (Fsp3) is 0. The zero-order valence-electron chi connectivity index (χ0n) is 51.9. The first-order valence-corrected chi connectivity index (χ1v) is 14.3. The summed E-state index contributed by atoms with van der Waals surface area (Å²) in [6.45, 7) is 0. The van der Waals surface area contributed by atoms with E-state index in [2.05, 4.69) is 0 Å². The molecule has 11 rings (SSSR count). The van der Waals surface area contributed by atoms with E-state index in [1.807, 2.05) is 0 Å². The molecular formula is C46H28N2. The van der Waals surface area contributed by atoms with E-state index in [-0.39, 0.29) is 0 Å². The standard InChI is InChI=1S/C46H28N2/c1-3-11-35-29(9-1)17-19-31-27-33(21-23-37(31)35)47-41-15-7-5-13-39(41)45-43(47)25-26-44-46(45)40-14-6-8-16-42(40)48(44)34-22-24-38-32(28-34)20-18-30-10-2-4-12-36(30)38/h1-28H/i1D,2D,3D,4D,5D,6D,7D,8D,9D,10D,11D,12D,13D,14D,15D,16D,17D,18D,19D,20D,21D,22D,23D,24D,25D,26D,27D,28D. The second kappa shape index (κ2) is 9.57. The number of aromatic nitrogens is 2. The zero-order chi connectivity index (χ0) is 55.7. The Morgan fingerprint density at radius 3 is 1.15 bits per heavy atom. The van der Waals surface area contributed by atoms with Gasteiger partial charge >= 0.3 is 0 Å². The average Bonchev–Trinajstić information content (AvgIpc) is 3.99. The number of para-hydroxylation sites is 2. The summed E-state index contributed by atoms with van der Waals surface area (Å²) in [6, 6.07) is -24.2. The molecule has 0 radical (unpaired) electrons. The van der Waals surface area contributed by atoms with Crippen molar-refractivity contribution in [1.29, 1.82) is 0 Å². The van der Waals surface area contributed by atoms with Crippen LogP contribution in [0.1, 0.15) is 38.4 Å². The summed E-state index contributed by atoms with van der Waals surface area (Å²) in [6.07, 6.45) is 0. The van der Waals surface area contributed by atoms with Crippen LogP contribution in [-0.4, -0.2) is 9.13 Å². The Kier molecular flexibility index (Phi) is 2.16. The molecule has 0 unspecified atom stereocenters. The Morgan fingerprint density at radius 2 is 0.667 bits per heavy atom. The van der Waals surface area contributed by atoms with Crippen molar-refractivity contribution in [1.82, 2.24) is 9.13 Å². The van der Waals surface area contributed by atoms with Gasteiger partial charge in [-0.3, -0.25) is 0 Å². The highest BCUT2D eigenvalue weighted by atomic mass is 15.0. The third-order valence-electron chi connectivity index (χ3n) is 8.30. The summed E-state index contributed by atoms with van der Waals surface area (Å²) in [4.78, 5) is 0. The van der Waals surface area contributed by atoms with Crippen molar-refractivity contribution in [2.24, 2.45) is 0 Å². The minimum Gasteiger partial charge on any atom is -0.309 e. The lowest BCUT2D eigenvalue weighted by atomic mass is 10.0. The maximum Gasteiger partial charge on any atom is 0.0651 e. The minimum atomic E-state index is -0.973. The highest BCUT2D eigenvalue weighted by molar-refractivity contribution is 6.29. The molecule has 2 heterocycles. The fourth-order valence-corrected chi connectivity index (χ4v) is 6.30. The molecule has 48 heavy (non-hydrogen) atoms. The van der Waals surface area contributed by atoms with E-state index in [1.165, 1.54) is 0 Å². The molecule has 0 amide bonds. The van der Waals surface area contributed by atoms with Gasteiger partial charge in [-0.1, -0.05) is 121 Å². The SMILES string of the molecule is [2H]c1c([2H])c([2H])c2c(c1[2H])c([2H])c([2H])c1c([2H])c(-n3c4c([2H])c([2H])c([2H])c([2H])c4c4c5c6c([2H])c([2H])c([2H])c([2H])c6n(-c6c([2H])c([2H])c7c(c6[2H])c([2H])c([2H])c6c([2H])c([2H])c([2H])c([2H])c67)c5c([2H])c([2H])c43)c([2H])c([2H])c12. The molecule has 0 saturated heterocycles. The number of hydrogen-bond donors (Lipinski definition) is 0. The highest BCUT2D eigenvalue weighted by Gasteiger charge is 2.20. The van der Waals surface area contributed by atoms with Crippen LogP contribution in [0.15, 0.2) is 169 Å². The summed E-state index contributed by atoms with van der Waals surface area (Å²) in [5.41, 5.74) is -4.13. The highest BCUT2D eigenvalue weighted by Crippen LogP contribution is 2.43. The third-order valence-corrected chi connectivity index (χ3v) is 8.30. The lowest BCUT2D eigenvalue weighted by Crippen LogP contribution is -1.95. The molecule has 0 fully saturated rings. The van der Waals surface area contributed by atoms with Crippen LogP contribution in [0.25, 0.3) is 98.1 Å². The number of fused-ring (bicyclic) bond motifs is 13. The lowest BCUT2D eigenvalue weighted by Gasteiger charge is -2.12. The van der Waals surface area contributed by atoms with Crippen LogP contribution in [0.4, 0.5) is 0 Å². The van der Waals surface area contributed by atoms with Gasteiger partial charge < -0.3 is 9.13 Å². The molecule has 2 heteroatoms. The molecule has 2 aromatic heterocycles. The van der Waals surface area contributed by atoms with E-state index in [4.69, 9.17) is 21.9 Å². The van der Waals surface area contributed by atoms with Crippen LogP contribution < -0.4 is 0 Å². The number of benzene rings is 9. The van der Waals surface area contributed by atoms with E-state index < -0.39 is 267 Å². The Morgan fingerprint density at radius 1 is 0.292 bits per heavy atom. The molecule has 0 aliphatic rings. The second-order valence-electron chi connectivity index (χ2n) is 10.8. The van der Waals surface area contributed by atoms with Gasteiger partial charge in [-0.25, -0.2) is 0 Å². The molecule has 11 aromatic rings. The molecule has 222 valence electrons. The summed E-state index contributed by atoms with van der Waals surface area (Å²) in [5, 5.41) is -6.38. The summed E-state index contributed by atoms with van der Waals surface area (Å²) >= 11 is 0. The molecule has 0 saturated carbocycles. The van der Waals surface area contributed by atoms with Crippen molar-refractivity contribution in [3.63, 3.8) is 0 Å². The second-order valence-corrected chi connectivity index (χ2v) is 10.8. The van der Waals surface area contributed by atoms with Crippen molar-refractivity contribution in [3.8, 4) is 11.4 Å². The molecule has 0 aliphatic carbocycles. The largest absolute Gasteiger partial charge is 0.309 e. The van der Waals surface area contributed by atoms with Crippen molar-refractivity contribution in [2.45, 2.75) is 0 Å². The molecule has 0 N–H and O–H groups in total. The average molecular weight is 637 g/mol. The van der Waals surface area contributed by atoms with E-state index in [1.54, 1.807) is 0 Å². The topological polar surface area (TPSA) is 9.86 Å². The van der Waals surface area contributed by atoms with Crippen LogP contribution >= 0.6 is 0 Å². The van der Waals surface area contributed by atoms with E-state index >= 15 is 0 Å². The van der Waals surface area contributed by atoms with Crippen molar-refractivity contribution < 1.29 is 38.4 Å². The van der Waals surface area contributed by atoms with Crippen molar-refractivity contribution >= 4 is 86.7 Å². The molecule has 0 aliphatic heterocycles. The van der Waals surface area contributed by atoms with Crippen LogP contribution in [0.3, 0.4) is 0 Å². The van der Waals surface area contributed by atoms with Gasteiger partial charge in [-0.2, -0.15) is 0 Å². The van der Waals surface area contributed by atoms with Crippen LogP contribution in [0, 0.1) is 0 Å². The Bertz CT molecular complexity index is 4430. The number of nitrogens with zero attached hydrogens (tertiary/aromatic N) is 2. The first-order valence-electron chi connectivity index (χ1n) is 28.3. The first-order chi connectivity index (χ1) is 35.5. The Balaban J connectivity index is 1.44. The zero-order valence-corrected chi connectivity index (χ0v) is 23.9. The Hall–Kier alpha value is -6.38. The quantitative estimate of drug-likeness (QED) is 0.167. The van der Waals surface area contributed by atoms with Gasteiger partial charge in [0, 0.05) is 32.9 Å². The molecule has 0 spiro atoms. The summed E-state index contributed by atoms with van der Waals surface area (Å²) < 4.78 is 255. The monoisotopic (exact) mass is 636 g/mol. The smallest absolute Gasteiger partial charge is 0.0651 e. The van der Waals surface area contributed by atoms with Crippen LogP contribution in [0.5, 0.6) is 0 Å². The number of hydrogen-bond acceptors (Lipinski definition) is 0. The van der Waals surface area contributed by atoms with Gasteiger partial charge in [0.1, 0.15) is 0 Å². The van der Waals surface area contributed by atoms with Crippen molar-refractivity contribution in [2.75, 3.05) is 0 Å². The van der Waals surface area contributed by atoms with E-state index in [9.17, 15) is 16.4 Å². The summed E-state index contributed by atoms with van der Waals surface area (Å²) in [5.74, 6) is 0.